The van der Waals surface area contributed by atoms with Crippen molar-refractivity contribution in [3.05, 3.63) is 21.9 Å². The highest BCUT2D eigenvalue weighted by atomic mass is 32.2. The lowest BCUT2D eigenvalue weighted by atomic mass is 10.2. The predicted octanol–water partition coefficient (Wildman–Crippen LogP) is 2.69. The highest BCUT2D eigenvalue weighted by molar-refractivity contribution is 7.98. The summed E-state index contributed by atoms with van der Waals surface area (Å²) in [4.78, 5) is 13.5. The molecule has 0 aliphatic heterocycles. The van der Waals surface area contributed by atoms with Crippen LogP contribution in [0.15, 0.2) is 12.1 Å². The third kappa shape index (κ3) is 5.89. The molecule has 0 saturated heterocycles. The van der Waals surface area contributed by atoms with Crippen LogP contribution in [0.25, 0.3) is 0 Å². The van der Waals surface area contributed by atoms with Gasteiger partial charge in [0.2, 0.25) is 0 Å². The van der Waals surface area contributed by atoms with Crippen molar-refractivity contribution >= 4 is 29.1 Å². The van der Waals surface area contributed by atoms with Crippen LogP contribution in [0, 0.1) is 0 Å². The Bertz CT molecular complexity index is 366. The molecule has 1 rings (SSSR count). The Balaban J connectivity index is 2.32. The molecule has 3 nitrogen and oxygen atoms in total. The van der Waals surface area contributed by atoms with Gasteiger partial charge >= 0.3 is 5.97 Å². The van der Waals surface area contributed by atoms with Gasteiger partial charge in [0.25, 0.3) is 0 Å². The van der Waals surface area contributed by atoms with Gasteiger partial charge in [0.15, 0.2) is 0 Å². The van der Waals surface area contributed by atoms with E-state index in [9.17, 15) is 4.79 Å². The average molecular weight is 287 g/mol. The largest absolute Gasteiger partial charge is 0.469 e. The topological polar surface area (TPSA) is 38.3 Å². The fourth-order valence-corrected chi connectivity index (χ4v) is 3.04. The van der Waals surface area contributed by atoms with Gasteiger partial charge in [-0.15, -0.1) is 11.3 Å². The fourth-order valence-electron chi connectivity index (χ4n) is 1.50. The van der Waals surface area contributed by atoms with Crippen LogP contribution in [0.5, 0.6) is 0 Å². The number of carbonyl (C=O) groups is 1. The van der Waals surface area contributed by atoms with Gasteiger partial charge in [0.05, 0.1) is 13.5 Å². The van der Waals surface area contributed by atoms with Gasteiger partial charge < -0.3 is 10.1 Å². The van der Waals surface area contributed by atoms with E-state index in [-0.39, 0.29) is 5.97 Å². The Morgan fingerprint density at radius 2 is 2.22 bits per heavy atom. The standard InChI is InChI=1S/C13H21NO2S2/c1-10(6-7-17-3)14-9-12-5-4-11(18-12)8-13(15)16-2/h4-5,10,14H,6-9H2,1-3H3. The molecule has 1 aromatic heterocycles. The molecule has 0 fully saturated rings. The minimum absolute atomic E-state index is 0.176. The first-order valence-electron chi connectivity index (χ1n) is 6.02. The van der Waals surface area contributed by atoms with E-state index in [4.69, 9.17) is 0 Å². The molecule has 1 atom stereocenters. The van der Waals surface area contributed by atoms with Gasteiger partial charge in [-0.25, -0.2) is 0 Å². The van der Waals surface area contributed by atoms with Gasteiger partial charge in [-0.05, 0) is 37.5 Å². The second-order valence-electron chi connectivity index (χ2n) is 4.18. The van der Waals surface area contributed by atoms with Gasteiger partial charge in [0.1, 0.15) is 0 Å². The smallest absolute Gasteiger partial charge is 0.310 e. The SMILES string of the molecule is COC(=O)Cc1ccc(CNC(C)CCSC)s1. The van der Waals surface area contributed by atoms with E-state index in [1.54, 1.807) is 11.3 Å². The van der Waals surface area contributed by atoms with Crippen molar-refractivity contribution in [1.82, 2.24) is 5.32 Å². The zero-order valence-electron chi connectivity index (χ0n) is 11.2. The van der Waals surface area contributed by atoms with E-state index in [2.05, 4.69) is 29.3 Å². The van der Waals surface area contributed by atoms with Crippen molar-refractivity contribution in [2.24, 2.45) is 0 Å². The molecule has 0 amide bonds. The van der Waals surface area contributed by atoms with Crippen molar-refractivity contribution in [2.75, 3.05) is 19.1 Å². The van der Waals surface area contributed by atoms with Crippen LogP contribution in [0.4, 0.5) is 0 Å². The van der Waals surface area contributed by atoms with Crippen molar-refractivity contribution in [3.8, 4) is 0 Å². The van der Waals surface area contributed by atoms with Crippen LogP contribution in [0.1, 0.15) is 23.1 Å². The number of thiophene rings is 1. The van der Waals surface area contributed by atoms with Crippen LogP contribution in [0.2, 0.25) is 0 Å². The van der Waals surface area contributed by atoms with Crippen LogP contribution >= 0.6 is 23.1 Å². The zero-order valence-corrected chi connectivity index (χ0v) is 12.8. The summed E-state index contributed by atoms with van der Waals surface area (Å²) < 4.78 is 4.66. The van der Waals surface area contributed by atoms with E-state index >= 15 is 0 Å². The number of methoxy groups -OCH3 is 1. The van der Waals surface area contributed by atoms with Crippen molar-refractivity contribution in [2.45, 2.75) is 32.4 Å². The fraction of sp³-hybridized carbons (Fsp3) is 0.615. The molecule has 1 unspecified atom stereocenters. The quantitative estimate of drug-likeness (QED) is 0.746. The highest BCUT2D eigenvalue weighted by Crippen LogP contribution is 2.17. The molecule has 1 heterocycles. The second-order valence-corrected chi connectivity index (χ2v) is 6.42. The summed E-state index contributed by atoms with van der Waals surface area (Å²) in [5, 5.41) is 3.50. The van der Waals surface area contributed by atoms with Crippen LogP contribution in [-0.4, -0.2) is 31.1 Å². The summed E-state index contributed by atoms with van der Waals surface area (Å²) in [6, 6.07) is 4.62. The van der Waals surface area contributed by atoms with Crippen LogP contribution in [0.3, 0.4) is 0 Å². The lowest BCUT2D eigenvalue weighted by molar-refractivity contribution is -0.139. The number of carbonyl (C=O) groups excluding carboxylic acids is 1. The molecule has 0 aliphatic carbocycles. The first kappa shape index (κ1) is 15.5. The summed E-state index contributed by atoms with van der Waals surface area (Å²) in [6.45, 7) is 3.08. The van der Waals surface area contributed by atoms with Crippen LogP contribution in [-0.2, 0) is 22.5 Å². The molecule has 1 N–H and O–H groups in total. The zero-order chi connectivity index (χ0) is 13.4. The molecule has 0 saturated carbocycles. The summed E-state index contributed by atoms with van der Waals surface area (Å²) in [6.07, 6.45) is 3.69. The molecule has 0 aromatic carbocycles. The minimum atomic E-state index is -0.176. The average Bonchev–Trinajstić information content (AvgIpc) is 2.81. The van der Waals surface area contributed by atoms with E-state index in [0.717, 1.165) is 11.4 Å². The molecule has 0 bridgehead atoms. The second kappa shape index (κ2) is 8.56. The third-order valence-corrected chi connectivity index (χ3v) is 4.37. The molecule has 5 heteroatoms. The van der Waals surface area contributed by atoms with Gasteiger partial charge in [-0.2, -0.15) is 11.8 Å². The Labute approximate surface area is 117 Å². The molecule has 0 aliphatic rings. The van der Waals surface area contributed by atoms with Gasteiger partial charge in [-0.3, -0.25) is 4.79 Å². The van der Waals surface area contributed by atoms with E-state index in [0.29, 0.717) is 12.5 Å². The number of rotatable bonds is 8. The first-order valence-corrected chi connectivity index (χ1v) is 8.23. The molecular formula is C13H21NO2S2. The van der Waals surface area contributed by atoms with Crippen LogP contribution < -0.4 is 5.32 Å². The Morgan fingerprint density at radius 1 is 1.50 bits per heavy atom. The highest BCUT2D eigenvalue weighted by Gasteiger charge is 2.07. The molecule has 0 radical (unpaired) electrons. The number of ether oxygens (including phenoxy) is 1. The summed E-state index contributed by atoms with van der Waals surface area (Å²) >= 11 is 3.55. The summed E-state index contributed by atoms with van der Waals surface area (Å²) in [7, 11) is 1.42. The maximum absolute atomic E-state index is 11.1. The Hall–Kier alpha value is -0.520. The van der Waals surface area contributed by atoms with Crippen molar-refractivity contribution in [3.63, 3.8) is 0 Å². The number of esters is 1. The normalized spacial score (nSPS) is 12.4. The first-order chi connectivity index (χ1) is 8.65. The van der Waals surface area contributed by atoms with Crippen molar-refractivity contribution < 1.29 is 9.53 Å². The number of hydrogen-bond donors (Lipinski definition) is 1. The van der Waals surface area contributed by atoms with E-state index in [1.807, 2.05) is 17.8 Å². The number of thioether (sulfide) groups is 1. The molecule has 1 aromatic rings. The molecule has 0 spiro atoms. The number of hydrogen-bond acceptors (Lipinski definition) is 5. The minimum Gasteiger partial charge on any atom is -0.469 e. The lowest BCUT2D eigenvalue weighted by Gasteiger charge is -2.11. The Morgan fingerprint density at radius 3 is 2.89 bits per heavy atom. The Kier molecular flexibility index (Phi) is 7.39. The number of nitrogens with one attached hydrogen (secondary N) is 1. The molecule has 102 valence electrons. The summed E-state index contributed by atoms with van der Waals surface area (Å²) in [5.74, 6) is 1.01. The van der Waals surface area contributed by atoms with E-state index < -0.39 is 0 Å². The van der Waals surface area contributed by atoms with E-state index in [1.165, 1.54) is 24.2 Å². The predicted molar refractivity (Wildman–Crippen MR) is 79.3 cm³/mol. The molecule has 18 heavy (non-hydrogen) atoms. The molecular weight excluding hydrogens is 266 g/mol. The lowest BCUT2D eigenvalue weighted by Crippen LogP contribution is -2.25. The van der Waals surface area contributed by atoms with Gasteiger partial charge in [0, 0.05) is 22.3 Å². The van der Waals surface area contributed by atoms with Gasteiger partial charge in [-0.1, -0.05) is 0 Å². The third-order valence-electron chi connectivity index (χ3n) is 2.64. The maximum atomic E-state index is 11.1. The van der Waals surface area contributed by atoms with Crippen molar-refractivity contribution in [1.29, 1.82) is 0 Å². The summed E-state index contributed by atoms with van der Waals surface area (Å²) in [5.41, 5.74) is 0. The maximum Gasteiger partial charge on any atom is 0.310 e. The monoisotopic (exact) mass is 287 g/mol.